The molecule has 4 N–H and O–H groups in total. The molecule has 3 aromatic heterocycles. The van der Waals surface area contributed by atoms with E-state index in [0.29, 0.717) is 31.0 Å². The summed E-state index contributed by atoms with van der Waals surface area (Å²) in [6.45, 7) is 1.79. The highest BCUT2D eigenvalue weighted by Gasteiger charge is 2.28. The van der Waals surface area contributed by atoms with Crippen LogP contribution in [-0.2, 0) is 17.1 Å². The van der Waals surface area contributed by atoms with Gasteiger partial charge in [0.2, 0.25) is 0 Å². The van der Waals surface area contributed by atoms with Gasteiger partial charge in [-0.1, -0.05) is 17.7 Å². The van der Waals surface area contributed by atoms with Gasteiger partial charge in [-0.05, 0) is 50.8 Å². The molecule has 3 heterocycles. The Hall–Kier alpha value is -4.92. The Balaban J connectivity index is 1.31. The third-order valence-electron chi connectivity index (χ3n) is 7.83. The van der Waals surface area contributed by atoms with E-state index < -0.39 is 33.0 Å². The van der Waals surface area contributed by atoms with E-state index >= 15 is 8.78 Å². The van der Waals surface area contributed by atoms with Crippen LogP contribution < -0.4 is 16.4 Å². The maximum Gasteiger partial charge on any atom is 0.269 e. The molecule has 0 bridgehead atoms. The average Bonchev–Trinajstić information content (AvgIpc) is 3.54. The minimum absolute atomic E-state index is 0.00799. The van der Waals surface area contributed by atoms with Gasteiger partial charge in [-0.15, -0.1) is 0 Å². The van der Waals surface area contributed by atoms with Crippen LogP contribution in [0.3, 0.4) is 0 Å². The number of carbonyl (C=O) groups excluding carboxylic acids is 1. The number of nitrogens with one attached hydrogen (secondary N) is 2. The van der Waals surface area contributed by atoms with Crippen molar-refractivity contribution < 1.29 is 26.4 Å². The van der Waals surface area contributed by atoms with Gasteiger partial charge in [-0.2, -0.15) is 5.10 Å². The van der Waals surface area contributed by atoms with E-state index in [0.717, 1.165) is 34.4 Å². The minimum atomic E-state index is -4.32. The Morgan fingerprint density at radius 2 is 1.78 bits per heavy atom. The molecule has 45 heavy (non-hydrogen) atoms. The maximum absolute atomic E-state index is 15.2. The maximum atomic E-state index is 15.2. The summed E-state index contributed by atoms with van der Waals surface area (Å²) >= 11 is 0. The molecule has 0 unspecified atom stereocenters. The van der Waals surface area contributed by atoms with Crippen molar-refractivity contribution in [2.75, 3.05) is 11.1 Å². The summed E-state index contributed by atoms with van der Waals surface area (Å²) in [5.41, 5.74) is 6.42. The first-order chi connectivity index (χ1) is 21.4. The molecular formula is C30H29F3N8O3S. The number of aromatic nitrogens is 5. The number of hydrogen-bond acceptors (Lipinski definition) is 8. The number of anilines is 2. The van der Waals surface area contributed by atoms with Gasteiger partial charge < -0.3 is 16.4 Å². The quantitative estimate of drug-likeness (QED) is 0.235. The van der Waals surface area contributed by atoms with Crippen molar-refractivity contribution >= 4 is 38.5 Å². The monoisotopic (exact) mass is 638 g/mol. The van der Waals surface area contributed by atoms with Gasteiger partial charge in [0.1, 0.15) is 22.8 Å². The number of benzene rings is 2. The summed E-state index contributed by atoms with van der Waals surface area (Å²) < 4.78 is 73.9. The Labute approximate surface area is 256 Å². The first-order valence-corrected chi connectivity index (χ1v) is 15.6. The first-order valence-electron chi connectivity index (χ1n) is 14.1. The summed E-state index contributed by atoms with van der Waals surface area (Å²) in [4.78, 5) is 21.0. The number of halogens is 3. The number of amides is 1. The predicted molar refractivity (Wildman–Crippen MR) is 161 cm³/mol. The van der Waals surface area contributed by atoms with Crippen LogP contribution in [0.2, 0.25) is 0 Å². The highest BCUT2D eigenvalue weighted by molar-refractivity contribution is 7.90. The van der Waals surface area contributed by atoms with E-state index in [2.05, 4.69) is 25.7 Å². The van der Waals surface area contributed by atoms with Crippen molar-refractivity contribution in [2.24, 2.45) is 7.05 Å². The number of hydrogen-bond donors (Lipinski definition) is 3. The molecule has 0 aliphatic heterocycles. The van der Waals surface area contributed by atoms with Crippen LogP contribution in [0.1, 0.15) is 41.7 Å². The van der Waals surface area contributed by atoms with Crippen LogP contribution in [-0.4, -0.2) is 50.1 Å². The van der Waals surface area contributed by atoms with E-state index in [-0.39, 0.29) is 51.3 Å². The number of carbonyl (C=O) groups is 1. The lowest BCUT2D eigenvalue weighted by Crippen LogP contribution is -2.42. The van der Waals surface area contributed by atoms with Gasteiger partial charge in [-0.25, -0.2) is 35.5 Å². The lowest BCUT2D eigenvalue weighted by molar-refractivity contribution is 0.0916. The van der Waals surface area contributed by atoms with Gasteiger partial charge >= 0.3 is 0 Å². The third kappa shape index (κ3) is 5.82. The number of nitrogens with zero attached hydrogens (tertiary/aromatic N) is 5. The summed E-state index contributed by atoms with van der Waals surface area (Å²) in [6.07, 6.45) is 4.58. The SMILES string of the molecule is Cc1ccc(S(=O)(=O)n2cc(-c3ncc(F)c(N[C@H]4CCC[C@@H](NC(=O)c5cc(N)nn5C)C4)n3)c3cc(F)cc(F)c32)cc1. The highest BCUT2D eigenvalue weighted by Crippen LogP contribution is 2.35. The topological polar surface area (TPSA) is 150 Å². The molecule has 6 rings (SSSR count). The second-order valence-corrected chi connectivity index (χ2v) is 12.9. The second kappa shape index (κ2) is 11.5. The molecule has 2 atom stereocenters. The first kappa shape index (κ1) is 30.1. The lowest BCUT2D eigenvalue weighted by Gasteiger charge is -2.30. The van der Waals surface area contributed by atoms with Crippen molar-refractivity contribution in [1.29, 1.82) is 0 Å². The molecule has 5 aromatic rings. The van der Waals surface area contributed by atoms with Crippen LogP contribution in [0.5, 0.6) is 0 Å². The van der Waals surface area contributed by atoms with Crippen molar-refractivity contribution in [3.8, 4) is 11.4 Å². The summed E-state index contributed by atoms with van der Waals surface area (Å²) in [5, 5.41) is 9.93. The minimum Gasteiger partial charge on any atom is -0.382 e. The van der Waals surface area contributed by atoms with Gasteiger partial charge in [0.05, 0.1) is 11.1 Å². The smallest absolute Gasteiger partial charge is 0.269 e. The normalized spacial score (nSPS) is 17.0. The van der Waals surface area contributed by atoms with E-state index in [9.17, 15) is 17.6 Å². The zero-order valence-electron chi connectivity index (χ0n) is 24.3. The molecule has 11 nitrogen and oxygen atoms in total. The van der Waals surface area contributed by atoms with Crippen molar-refractivity contribution in [3.05, 3.63) is 83.6 Å². The Kier molecular flexibility index (Phi) is 7.72. The fourth-order valence-electron chi connectivity index (χ4n) is 5.64. The highest BCUT2D eigenvalue weighted by atomic mass is 32.2. The largest absolute Gasteiger partial charge is 0.382 e. The van der Waals surface area contributed by atoms with Crippen LogP contribution in [0.25, 0.3) is 22.3 Å². The zero-order chi connectivity index (χ0) is 32.0. The molecule has 0 spiro atoms. The Morgan fingerprint density at radius 1 is 1.04 bits per heavy atom. The molecular weight excluding hydrogens is 609 g/mol. The van der Waals surface area contributed by atoms with Crippen molar-refractivity contribution in [2.45, 2.75) is 49.6 Å². The summed E-state index contributed by atoms with van der Waals surface area (Å²) in [6, 6.07) is 8.54. The molecule has 1 fully saturated rings. The fraction of sp³-hybridized carbons (Fsp3) is 0.267. The fourth-order valence-corrected chi connectivity index (χ4v) is 7.02. The standard InChI is InChI=1S/C30H29F3N8O3S/c1-16-6-8-20(9-7-16)45(43,44)41-15-22(21-10-17(31)11-23(32)27(21)41)28-35-14-24(33)29(38-28)36-18-4-3-5-19(12-18)37-30(42)25-13-26(34)39-40(25)2/h6-11,13-15,18-19H,3-5,12H2,1-2H3,(H2,34,39)(H,37,42)(H,35,36,38)/t18-,19+/m0/s1. The molecule has 0 radical (unpaired) electrons. The Bertz CT molecular complexity index is 2040. The van der Waals surface area contributed by atoms with E-state index in [1.165, 1.54) is 22.9 Å². The van der Waals surface area contributed by atoms with Gasteiger partial charge in [0, 0.05) is 48.4 Å². The van der Waals surface area contributed by atoms with Crippen molar-refractivity contribution in [3.63, 3.8) is 0 Å². The number of aryl methyl sites for hydroxylation is 2. The van der Waals surface area contributed by atoms with E-state index in [1.807, 2.05) is 0 Å². The average molecular weight is 639 g/mol. The van der Waals surface area contributed by atoms with Crippen molar-refractivity contribution in [1.82, 2.24) is 29.0 Å². The molecule has 1 aliphatic carbocycles. The Morgan fingerprint density at radius 3 is 2.49 bits per heavy atom. The third-order valence-corrected chi connectivity index (χ3v) is 9.50. The summed E-state index contributed by atoms with van der Waals surface area (Å²) in [7, 11) is -2.71. The number of fused-ring (bicyclic) bond motifs is 1. The molecule has 1 amide bonds. The van der Waals surface area contributed by atoms with E-state index in [4.69, 9.17) is 5.73 Å². The zero-order valence-corrected chi connectivity index (χ0v) is 25.1. The van der Waals surface area contributed by atoms with Crippen LogP contribution in [0, 0.1) is 24.4 Å². The predicted octanol–water partition coefficient (Wildman–Crippen LogP) is 4.53. The lowest BCUT2D eigenvalue weighted by atomic mass is 9.91. The van der Waals surface area contributed by atoms with Gasteiger partial charge in [0.15, 0.2) is 23.3 Å². The van der Waals surface area contributed by atoms with Crippen LogP contribution >= 0.6 is 0 Å². The summed E-state index contributed by atoms with van der Waals surface area (Å²) in [5.74, 6) is -3.23. The van der Waals surface area contributed by atoms with Crippen LogP contribution in [0.15, 0.2) is 59.8 Å². The van der Waals surface area contributed by atoms with Crippen LogP contribution in [0.4, 0.5) is 24.8 Å². The van der Waals surface area contributed by atoms with Gasteiger partial charge in [0.25, 0.3) is 15.9 Å². The molecule has 1 saturated carbocycles. The number of rotatable bonds is 7. The second-order valence-electron chi connectivity index (χ2n) is 11.1. The molecule has 0 saturated heterocycles. The van der Waals surface area contributed by atoms with E-state index in [1.54, 1.807) is 26.1 Å². The number of nitrogens with two attached hydrogens (primary N) is 1. The molecule has 15 heteroatoms. The number of nitrogen functional groups attached to an aromatic ring is 1. The molecule has 1 aliphatic rings. The molecule has 234 valence electrons. The van der Waals surface area contributed by atoms with Gasteiger partial charge in [-0.3, -0.25) is 9.48 Å². The molecule has 2 aromatic carbocycles.